The molecule has 0 spiro atoms. The van der Waals surface area contributed by atoms with E-state index in [0.29, 0.717) is 5.03 Å². The maximum absolute atomic E-state index is 11.0. The van der Waals surface area contributed by atoms with E-state index in [4.69, 9.17) is 10.7 Å². The van der Waals surface area contributed by atoms with E-state index in [1.165, 1.54) is 11.3 Å². The number of aromatic nitrogens is 1. The maximum Gasteiger partial charge on any atom is 0.186 e. The fourth-order valence-corrected chi connectivity index (χ4v) is 3.30. The molecule has 84 valence electrons. The number of nitrogens with zero attached hydrogens (tertiary/aromatic N) is 3. The van der Waals surface area contributed by atoms with Crippen LogP contribution in [0.5, 0.6) is 0 Å². The van der Waals surface area contributed by atoms with Gasteiger partial charge < -0.3 is 9.80 Å². The molecule has 1 aliphatic heterocycles. The second-order valence-corrected chi connectivity index (χ2v) is 6.02. The molecule has 0 aromatic carbocycles. The van der Waals surface area contributed by atoms with Crippen LogP contribution in [-0.2, 0) is 10.0 Å². The molecule has 0 saturated carbocycles. The zero-order chi connectivity index (χ0) is 10.8. The summed E-state index contributed by atoms with van der Waals surface area (Å²) in [7, 11) is 6.09. The smallest absolute Gasteiger partial charge is 0.186 e. The lowest BCUT2D eigenvalue weighted by Crippen LogP contribution is -2.44. The molecular weight excluding hydrogens is 254 g/mol. The highest BCUT2D eigenvalue weighted by Gasteiger charge is 2.17. The zero-order valence-electron chi connectivity index (χ0n) is 8.35. The number of likely N-dealkylation sites (N-methyl/N-ethyl adjacent to an activating group) is 1. The number of hydrogen-bond donors (Lipinski definition) is 0. The minimum Gasteiger partial charge on any atom is -0.345 e. The molecule has 15 heavy (non-hydrogen) atoms. The molecule has 1 aromatic rings. The SMILES string of the molecule is CN1CCN(c2nc(S(=O)Cl)cs2)CC1. The highest BCUT2D eigenvalue weighted by molar-refractivity contribution is 8.08. The van der Waals surface area contributed by atoms with E-state index < -0.39 is 10.0 Å². The fourth-order valence-electron chi connectivity index (χ4n) is 1.47. The van der Waals surface area contributed by atoms with Gasteiger partial charge in [0.15, 0.2) is 20.2 Å². The molecule has 1 aliphatic rings. The first-order valence-electron chi connectivity index (χ1n) is 4.64. The van der Waals surface area contributed by atoms with Crippen LogP contribution in [0.25, 0.3) is 0 Å². The molecular formula is C8H12ClN3OS2. The van der Waals surface area contributed by atoms with E-state index in [2.05, 4.69) is 21.8 Å². The van der Waals surface area contributed by atoms with Crippen molar-refractivity contribution in [2.45, 2.75) is 5.03 Å². The van der Waals surface area contributed by atoms with Crippen LogP contribution in [0.4, 0.5) is 5.13 Å². The Kier molecular flexibility index (Phi) is 3.60. The van der Waals surface area contributed by atoms with Gasteiger partial charge in [0.25, 0.3) is 0 Å². The number of halogens is 1. The van der Waals surface area contributed by atoms with Crippen molar-refractivity contribution in [3.05, 3.63) is 5.38 Å². The maximum atomic E-state index is 11.0. The van der Waals surface area contributed by atoms with Crippen molar-refractivity contribution in [1.82, 2.24) is 9.88 Å². The van der Waals surface area contributed by atoms with Gasteiger partial charge in [0.2, 0.25) is 0 Å². The van der Waals surface area contributed by atoms with Crippen molar-refractivity contribution >= 4 is 37.2 Å². The normalized spacial score (nSPS) is 20.5. The Morgan fingerprint density at radius 3 is 2.67 bits per heavy atom. The van der Waals surface area contributed by atoms with Crippen LogP contribution in [0.2, 0.25) is 0 Å². The fraction of sp³-hybridized carbons (Fsp3) is 0.625. The minimum absolute atomic E-state index is 0.468. The van der Waals surface area contributed by atoms with E-state index in [-0.39, 0.29) is 0 Å². The summed E-state index contributed by atoms with van der Waals surface area (Å²) in [5.74, 6) is 0. The first-order valence-corrected chi connectivity index (χ1v) is 7.49. The molecule has 1 unspecified atom stereocenters. The van der Waals surface area contributed by atoms with Gasteiger partial charge in [-0.1, -0.05) is 0 Å². The van der Waals surface area contributed by atoms with E-state index >= 15 is 0 Å². The number of rotatable bonds is 2. The first kappa shape index (κ1) is 11.3. The predicted octanol–water partition coefficient (Wildman–Crippen LogP) is 1.16. The molecule has 1 fully saturated rings. The van der Waals surface area contributed by atoms with Crippen LogP contribution in [0.1, 0.15) is 0 Å². The van der Waals surface area contributed by atoms with Gasteiger partial charge in [0.1, 0.15) is 0 Å². The van der Waals surface area contributed by atoms with Crippen LogP contribution in [0, 0.1) is 0 Å². The lowest BCUT2D eigenvalue weighted by molar-refractivity contribution is 0.312. The zero-order valence-corrected chi connectivity index (χ0v) is 10.7. The monoisotopic (exact) mass is 265 g/mol. The van der Waals surface area contributed by atoms with Gasteiger partial charge in [-0.25, -0.2) is 9.19 Å². The average molecular weight is 266 g/mol. The molecule has 1 saturated heterocycles. The second kappa shape index (κ2) is 4.78. The lowest BCUT2D eigenvalue weighted by atomic mass is 10.3. The van der Waals surface area contributed by atoms with Crippen LogP contribution >= 0.6 is 22.0 Å². The van der Waals surface area contributed by atoms with Crippen LogP contribution < -0.4 is 4.90 Å². The summed E-state index contributed by atoms with van der Waals surface area (Å²) in [6.07, 6.45) is 0. The van der Waals surface area contributed by atoms with E-state index in [9.17, 15) is 4.21 Å². The second-order valence-electron chi connectivity index (χ2n) is 3.48. The molecule has 0 N–H and O–H groups in total. The van der Waals surface area contributed by atoms with Crippen molar-refractivity contribution in [2.24, 2.45) is 0 Å². The minimum atomic E-state index is -1.49. The molecule has 2 heterocycles. The van der Waals surface area contributed by atoms with Gasteiger partial charge >= 0.3 is 0 Å². The quantitative estimate of drug-likeness (QED) is 0.752. The topological polar surface area (TPSA) is 36.4 Å². The third-order valence-electron chi connectivity index (χ3n) is 2.41. The Labute approximate surface area is 99.8 Å². The van der Waals surface area contributed by atoms with Crippen molar-refractivity contribution < 1.29 is 4.21 Å². The highest BCUT2D eigenvalue weighted by atomic mass is 35.7. The molecule has 0 bridgehead atoms. The van der Waals surface area contributed by atoms with Crippen molar-refractivity contribution in [1.29, 1.82) is 0 Å². The third-order valence-corrected chi connectivity index (χ3v) is 4.47. The molecule has 1 atom stereocenters. The van der Waals surface area contributed by atoms with Gasteiger partial charge in [0, 0.05) is 31.6 Å². The molecule has 7 heteroatoms. The van der Waals surface area contributed by atoms with Gasteiger partial charge in [-0.2, -0.15) is 0 Å². The summed E-state index contributed by atoms with van der Waals surface area (Å²) in [5.41, 5.74) is 0. The summed E-state index contributed by atoms with van der Waals surface area (Å²) in [6.45, 7) is 4.02. The van der Waals surface area contributed by atoms with Crippen molar-refractivity contribution in [3.8, 4) is 0 Å². The highest BCUT2D eigenvalue weighted by Crippen LogP contribution is 2.24. The van der Waals surface area contributed by atoms with Gasteiger partial charge in [-0.05, 0) is 17.7 Å². The molecule has 2 rings (SSSR count). The van der Waals surface area contributed by atoms with Gasteiger partial charge in [0.05, 0.1) is 0 Å². The average Bonchev–Trinajstić information content (AvgIpc) is 2.68. The lowest BCUT2D eigenvalue weighted by Gasteiger charge is -2.31. The Bertz CT molecular complexity index is 363. The molecule has 0 aliphatic carbocycles. The summed E-state index contributed by atoms with van der Waals surface area (Å²) in [6, 6.07) is 0. The molecule has 4 nitrogen and oxygen atoms in total. The van der Waals surface area contributed by atoms with Crippen LogP contribution in [0.15, 0.2) is 10.4 Å². The van der Waals surface area contributed by atoms with Crippen molar-refractivity contribution in [2.75, 3.05) is 38.1 Å². The van der Waals surface area contributed by atoms with E-state index in [1.54, 1.807) is 5.38 Å². The van der Waals surface area contributed by atoms with E-state index in [0.717, 1.165) is 31.3 Å². The summed E-state index contributed by atoms with van der Waals surface area (Å²) in [5, 5.41) is 3.15. The predicted molar refractivity (Wildman–Crippen MR) is 64.1 cm³/mol. The molecule has 0 amide bonds. The largest absolute Gasteiger partial charge is 0.345 e. The Hall–Kier alpha value is -0.170. The summed E-state index contributed by atoms with van der Waals surface area (Å²) < 4.78 is 11.0. The standard InChI is InChI=1S/C8H12ClN3OS2/c1-11-2-4-12(5-3-11)8-10-7(6-14-8)15(9)13/h6H,2-5H2,1H3. The number of piperazine rings is 1. The van der Waals surface area contributed by atoms with Crippen LogP contribution in [-0.4, -0.2) is 47.3 Å². The summed E-state index contributed by atoms with van der Waals surface area (Å²) in [4.78, 5) is 8.74. The molecule has 0 radical (unpaired) electrons. The number of thiazole rings is 1. The van der Waals surface area contributed by atoms with Crippen molar-refractivity contribution in [3.63, 3.8) is 0 Å². The Morgan fingerprint density at radius 2 is 2.13 bits per heavy atom. The van der Waals surface area contributed by atoms with E-state index in [1.807, 2.05) is 0 Å². The van der Waals surface area contributed by atoms with Gasteiger partial charge in [-0.15, -0.1) is 11.3 Å². The number of hydrogen-bond acceptors (Lipinski definition) is 5. The number of anilines is 1. The Morgan fingerprint density at radius 1 is 1.47 bits per heavy atom. The molecule has 1 aromatic heterocycles. The third kappa shape index (κ3) is 2.69. The summed E-state index contributed by atoms with van der Waals surface area (Å²) >= 11 is 1.50. The van der Waals surface area contributed by atoms with Gasteiger partial charge in [-0.3, -0.25) is 0 Å². The van der Waals surface area contributed by atoms with Crippen LogP contribution in [0.3, 0.4) is 0 Å². The Balaban J connectivity index is 2.06. The first-order chi connectivity index (χ1) is 7.16.